The Labute approximate surface area is 136 Å². The topological polar surface area (TPSA) is 54.5 Å². The average molecular weight is 342 g/mol. The first-order valence-electron chi connectivity index (χ1n) is 7.68. The van der Waals surface area contributed by atoms with Gasteiger partial charge in [-0.1, -0.05) is 11.6 Å². The van der Waals surface area contributed by atoms with E-state index in [0.717, 1.165) is 25.7 Å². The highest BCUT2D eigenvalue weighted by Crippen LogP contribution is 2.39. The lowest BCUT2D eigenvalue weighted by molar-refractivity contribution is -0.131. The van der Waals surface area contributed by atoms with Crippen molar-refractivity contribution in [2.45, 2.75) is 49.6 Å². The van der Waals surface area contributed by atoms with Gasteiger partial charge in [-0.05, 0) is 62.8 Å². The van der Waals surface area contributed by atoms with E-state index in [9.17, 15) is 13.2 Å². The second-order valence-corrected chi connectivity index (χ2v) is 8.75. The van der Waals surface area contributed by atoms with E-state index in [1.165, 1.54) is 24.3 Å². The molecule has 120 valence electrons. The molecular formula is C16H20ClNO3S. The lowest BCUT2D eigenvalue weighted by Crippen LogP contribution is -2.44. The van der Waals surface area contributed by atoms with Gasteiger partial charge >= 0.3 is 0 Å². The maximum atomic E-state index is 12.6. The summed E-state index contributed by atoms with van der Waals surface area (Å²) in [6.45, 7) is 2.04. The third kappa shape index (κ3) is 3.46. The zero-order chi connectivity index (χ0) is 15.9. The normalized spacial score (nSPS) is 19.7. The molecule has 6 heteroatoms. The molecule has 0 bridgehead atoms. The largest absolute Gasteiger partial charge is 0.336 e. The quantitative estimate of drug-likeness (QED) is 0.799. The summed E-state index contributed by atoms with van der Waals surface area (Å²) in [7, 11) is -3.62. The Hall–Kier alpha value is -1.07. The fourth-order valence-corrected chi connectivity index (χ4v) is 4.20. The van der Waals surface area contributed by atoms with Gasteiger partial charge in [0, 0.05) is 17.1 Å². The number of rotatable bonds is 6. The number of amides is 1. The van der Waals surface area contributed by atoms with Gasteiger partial charge in [-0.15, -0.1) is 0 Å². The minimum absolute atomic E-state index is 0.153. The molecule has 2 aliphatic rings. The van der Waals surface area contributed by atoms with Gasteiger partial charge in [-0.2, -0.15) is 0 Å². The Kier molecular flexibility index (Phi) is 4.21. The van der Waals surface area contributed by atoms with Gasteiger partial charge in [0.25, 0.3) is 0 Å². The van der Waals surface area contributed by atoms with Crippen LogP contribution in [0.5, 0.6) is 0 Å². The van der Waals surface area contributed by atoms with Crippen molar-refractivity contribution in [1.82, 2.24) is 4.90 Å². The highest BCUT2D eigenvalue weighted by atomic mass is 35.5. The van der Waals surface area contributed by atoms with Gasteiger partial charge in [0.1, 0.15) is 5.75 Å². The van der Waals surface area contributed by atoms with E-state index in [1.807, 2.05) is 11.8 Å². The molecule has 2 aliphatic carbocycles. The molecule has 4 nitrogen and oxygen atoms in total. The molecule has 3 rings (SSSR count). The molecule has 1 aromatic carbocycles. The molecule has 1 atom stereocenters. The van der Waals surface area contributed by atoms with Gasteiger partial charge < -0.3 is 4.90 Å². The minimum atomic E-state index is -3.62. The van der Waals surface area contributed by atoms with E-state index in [-0.39, 0.29) is 22.9 Å². The molecule has 1 unspecified atom stereocenters. The molecule has 0 heterocycles. The third-order valence-corrected chi connectivity index (χ3v) is 6.33. The summed E-state index contributed by atoms with van der Waals surface area (Å²) in [4.78, 5) is 14.6. The standard InChI is InChI=1S/C16H20ClNO3S/c1-11(12-2-3-12)18(14-6-7-14)16(19)10-22(20,21)15-8-4-13(17)5-9-15/h4-5,8-9,11-12,14H,2-3,6-7,10H2,1H3. The summed E-state index contributed by atoms with van der Waals surface area (Å²) in [6, 6.07) is 6.37. The number of carbonyl (C=O) groups is 1. The first kappa shape index (κ1) is 15.8. The van der Waals surface area contributed by atoms with Crippen LogP contribution in [0.25, 0.3) is 0 Å². The Bertz CT molecular complexity index is 663. The van der Waals surface area contributed by atoms with Crippen LogP contribution in [0.1, 0.15) is 32.6 Å². The minimum Gasteiger partial charge on any atom is -0.336 e. The van der Waals surface area contributed by atoms with Crippen molar-refractivity contribution in [3.05, 3.63) is 29.3 Å². The molecule has 2 saturated carbocycles. The van der Waals surface area contributed by atoms with Crippen LogP contribution < -0.4 is 0 Å². The summed E-state index contributed by atoms with van der Waals surface area (Å²) < 4.78 is 24.8. The van der Waals surface area contributed by atoms with Crippen molar-refractivity contribution >= 4 is 27.3 Å². The van der Waals surface area contributed by atoms with E-state index in [1.54, 1.807) is 0 Å². The lowest BCUT2D eigenvalue weighted by atomic mass is 10.2. The van der Waals surface area contributed by atoms with Crippen molar-refractivity contribution in [2.75, 3.05) is 5.75 Å². The second-order valence-electron chi connectivity index (χ2n) is 6.32. The lowest BCUT2D eigenvalue weighted by Gasteiger charge is -2.29. The number of nitrogens with zero attached hydrogens (tertiary/aromatic N) is 1. The smallest absolute Gasteiger partial charge is 0.238 e. The SMILES string of the molecule is CC(C1CC1)N(C(=O)CS(=O)(=O)c1ccc(Cl)cc1)C1CC1. The van der Waals surface area contributed by atoms with Crippen molar-refractivity contribution < 1.29 is 13.2 Å². The molecule has 1 amide bonds. The van der Waals surface area contributed by atoms with E-state index in [2.05, 4.69) is 0 Å². The fraction of sp³-hybridized carbons (Fsp3) is 0.562. The fourth-order valence-electron chi connectivity index (χ4n) is 2.88. The number of hydrogen-bond donors (Lipinski definition) is 0. The highest BCUT2D eigenvalue weighted by Gasteiger charge is 2.42. The van der Waals surface area contributed by atoms with Crippen LogP contribution in [0.2, 0.25) is 5.02 Å². The van der Waals surface area contributed by atoms with Crippen LogP contribution in [0, 0.1) is 5.92 Å². The molecule has 0 aromatic heterocycles. The summed E-state index contributed by atoms with van der Waals surface area (Å²) >= 11 is 5.78. The van der Waals surface area contributed by atoms with Crippen LogP contribution in [0.4, 0.5) is 0 Å². The van der Waals surface area contributed by atoms with Crippen molar-refractivity contribution in [3.63, 3.8) is 0 Å². The van der Waals surface area contributed by atoms with Crippen LogP contribution in [0.15, 0.2) is 29.2 Å². The summed E-state index contributed by atoms with van der Waals surface area (Å²) in [6.07, 6.45) is 4.26. The summed E-state index contributed by atoms with van der Waals surface area (Å²) in [5.41, 5.74) is 0. The zero-order valence-electron chi connectivity index (χ0n) is 12.5. The molecule has 0 saturated heterocycles. The van der Waals surface area contributed by atoms with Gasteiger partial charge in [0.2, 0.25) is 5.91 Å². The molecule has 0 spiro atoms. The Morgan fingerprint density at radius 1 is 1.23 bits per heavy atom. The maximum absolute atomic E-state index is 12.6. The van der Waals surface area contributed by atoms with Gasteiger partial charge in [0.05, 0.1) is 4.90 Å². The predicted molar refractivity (Wildman–Crippen MR) is 85.6 cm³/mol. The molecular weight excluding hydrogens is 322 g/mol. The predicted octanol–water partition coefficient (Wildman–Crippen LogP) is 2.90. The number of halogens is 1. The first-order chi connectivity index (χ1) is 10.4. The van der Waals surface area contributed by atoms with Crippen molar-refractivity contribution in [1.29, 1.82) is 0 Å². The maximum Gasteiger partial charge on any atom is 0.238 e. The third-order valence-electron chi connectivity index (χ3n) is 4.46. The summed E-state index contributed by atoms with van der Waals surface area (Å²) in [5, 5.41) is 0.479. The van der Waals surface area contributed by atoms with E-state index in [0.29, 0.717) is 10.9 Å². The van der Waals surface area contributed by atoms with Gasteiger partial charge in [-0.3, -0.25) is 4.79 Å². The molecule has 2 fully saturated rings. The van der Waals surface area contributed by atoms with Gasteiger partial charge in [0.15, 0.2) is 9.84 Å². The number of sulfone groups is 1. The molecule has 0 radical (unpaired) electrons. The van der Waals surface area contributed by atoms with E-state index >= 15 is 0 Å². The zero-order valence-corrected chi connectivity index (χ0v) is 14.1. The Morgan fingerprint density at radius 2 is 1.82 bits per heavy atom. The van der Waals surface area contributed by atoms with Crippen LogP contribution in [-0.4, -0.2) is 37.1 Å². The number of carbonyl (C=O) groups excluding carboxylic acids is 1. The molecule has 0 N–H and O–H groups in total. The Morgan fingerprint density at radius 3 is 2.32 bits per heavy atom. The molecule has 1 aromatic rings. The number of benzene rings is 1. The second kappa shape index (κ2) is 5.85. The van der Waals surface area contributed by atoms with Gasteiger partial charge in [-0.25, -0.2) is 8.42 Å². The van der Waals surface area contributed by atoms with Crippen molar-refractivity contribution in [2.24, 2.45) is 5.92 Å². The van der Waals surface area contributed by atoms with Crippen LogP contribution >= 0.6 is 11.6 Å². The molecule has 22 heavy (non-hydrogen) atoms. The average Bonchev–Trinajstić information content (AvgIpc) is 3.32. The van der Waals surface area contributed by atoms with E-state index in [4.69, 9.17) is 11.6 Å². The number of hydrogen-bond acceptors (Lipinski definition) is 3. The van der Waals surface area contributed by atoms with E-state index < -0.39 is 15.6 Å². The highest BCUT2D eigenvalue weighted by molar-refractivity contribution is 7.92. The first-order valence-corrected chi connectivity index (χ1v) is 9.71. The Balaban J connectivity index is 1.75. The molecule has 0 aliphatic heterocycles. The van der Waals surface area contributed by atoms with Crippen molar-refractivity contribution in [3.8, 4) is 0 Å². The van der Waals surface area contributed by atoms with Crippen LogP contribution in [0.3, 0.4) is 0 Å². The monoisotopic (exact) mass is 341 g/mol. The summed E-state index contributed by atoms with van der Waals surface area (Å²) in [5.74, 6) is -0.179. The van der Waals surface area contributed by atoms with Crippen LogP contribution in [-0.2, 0) is 14.6 Å².